The molecule has 0 amide bonds. The predicted octanol–water partition coefficient (Wildman–Crippen LogP) is 5.21. The molecule has 0 fully saturated rings. The molecule has 0 aliphatic carbocycles. The quantitative estimate of drug-likeness (QED) is 0.683. The maximum absolute atomic E-state index is 5.63. The maximum atomic E-state index is 5.63. The Morgan fingerprint density at radius 3 is 2.19 bits per heavy atom. The van der Waals surface area contributed by atoms with Crippen molar-refractivity contribution in [1.82, 2.24) is 0 Å². The van der Waals surface area contributed by atoms with Gasteiger partial charge in [0.25, 0.3) is 0 Å². The van der Waals surface area contributed by atoms with Gasteiger partial charge in [0.05, 0.1) is 13.2 Å². The Balaban J connectivity index is 1.79. The van der Waals surface area contributed by atoms with Gasteiger partial charge in [-0.15, -0.1) is 0 Å². The van der Waals surface area contributed by atoms with Crippen LogP contribution in [0, 0.1) is 0 Å². The topological polar surface area (TPSA) is 9.23 Å². The van der Waals surface area contributed by atoms with Crippen LogP contribution in [-0.2, 0) is 16.8 Å². The van der Waals surface area contributed by atoms with E-state index in [1.54, 1.807) is 0 Å². The highest BCUT2D eigenvalue weighted by Crippen LogP contribution is 2.22. The second kappa shape index (κ2) is 7.24. The molecule has 0 aliphatic rings. The summed E-state index contributed by atoms with van der Waals surface area (Å²) < 4.78 is 5.63. The molecule has 1 heteroatoms. The minimum atomic E-state index is 0.209. The first-order valence-electron chi connectivity index (χ1n) is 7.44. The van der Waals surface area contributed by atoms with Gasteiger partial charge in [0.2, 0.25) is 0 Å². The van der Waals surface area contributed by atoms with Crippen molar-refractivity contribution >= 4 is 6.08 Å². The van der Waals surface area contributed by atoms with E-state index in [0.29, 0.717) is 13.2 Å². The lowest BCUT2D eigenvalue weighted by Gasteiger charge is -2.18. The van der Waals surface area contributed by atoms with E-state index in [4.69, 9.17) is 4.74 Å². The summed E-state index contributed by atoms with van der Waals surface area (Å²) in [5.41, 5.74) is 3.99. The fourth-order valence-corrected chi connectivity index (χ4v) is 2.10. The van der Waals surface area contributed by atoms with E-state index in [2.05, 4.69) is 69.3 Å². The van der Waals surface area contributed by atoms with Gasteiger partial charge in [-0.05, 0) is 22.1 Å². The van der Waals surface area contributed by atoms with Crippen molar-refractivity contribution in [3.8, 4) is 0 Å². The molecule has 0 saturated carbocycles. The molecule has 0 spiro atoms. The van der Waals surface area contributed by atoms with Crippen molar-refractivity contribution in [2.75, 3.05) is 6.61 Å². The molecule has 0 aromatic heterocycles. The van der Waals surface area contributed by atoms with Crippen molar-refractivity contribution in [1.29, 1.82) is 0 Å². The van der Waals surface area contributed by atoms with E-state index < -0.39 is 0 Å². The average Bonchev–Trinajstić information content (AvgIpc) is 2.47. The molecule has 0 radical (unpaired) electrons. The van der Waals surface area contributed by atoms with Gasteiger partial charge in [-0.1, -0.05) is 87.5 Å². The lowest BCUT2D eigenvalue weighted by Crippen LogP contribution is -2.10. The molecule has 0 atom stereocenters. The van der Waals surface area contributed by atoms with Gasteiger partial charge in [-0.3, -0.25) is 0 Å². The van der Waals surface area contributed by atoms with Gasteiger partial charge in [0, 0.05) is 0 Å². The summed E-state index contributed by atoms with van der Waals surface area (Å²) in [5.74, 6) is 0. The van der Waals surface area contributed by atoms with Gasteiger partial charge in [0.1, 0.15) is 0 Å². The molecule has 2 rings (SSSR count). The number of ether oxygens (including phenoxy) is 1. The minimum absolute atomic E-state index is 0.209. The molecular formula is C20H24O. The van der Waals surface area contributed by atoms with Crippen LogP contribution in [0.25, 0.3) is 6.08 Å². The normalized spacial score (nSPS) is 12.0. The van der Waals surface area contributed by atoms with Crippen LogP contribution >= 0.6 is 0 Å². The van der Waals surface area contributed by atoms with Gasteiger partial charge in [-0.25, -0.2) is 0 Å². The number of rotatable bonds is 5. The van der Waals surface area contributed by atoms with Crippen molar-refractivity contribution in [2.24, 2.45) is 0 Å². The summed E-state index contributed by atoms with van der Waals surface area (Å²) in [6.07, 6.45) is 4.17. The lowest BCUT2D eigenvalue weighted by atomic mass is 9.87. The van der Waals surface area contributed by atoms with Crippen molar-refractivity contribution in [2.45, 2.75) is 32.8 Å². The zero-order valence-corrected chi connectivity index (χ0v) is 13.2. The molecule has 2 aromatic carbocycles. The molecule has 0 unspecified atom stereocenters. The monoisotopic (exact) mass is 280 g/mol. The van der Waals surface area contributed by atoms with E-state index in [-0.39, 0.29) is 5.41 Å². The highest BCUT2D eigenvalue weighted by Gasteiger charge is 2.12. The molecule has 0 heterocycles. The minimum Gasteiger partial charge on any atom is -0.373 e. The molecular weight excluding hydrogens is 256 g/mol. The second-order valence-corrected chi connectivity index (χ2v) is 6.28. The molecule has 0 N–H and O–H groups in total. The first-order chi connectivity index (χ1) is 10.1. The fourth-order valence-electron chi connectivity index (χ4n) is 2.10. The maximum Gasteiger partial charge on any atom is 0.0721 e. The second-order valence-electron chi connectivity index (χ2n) is 6.28. The van der Waals surface area contributed by atoms with Crippen LogP contribution in [-0.4, -0.2) is 6.61 Å². The third-order valence-corrected chi connectivity index (χ3v) is 3.41. The highest BCUT2D eigenvalue weighted by molar-refractivity contribution is 5.50. The Hall–Kier alpha value is -1.86. The van der Waals surface area contributed by atoms with Crippen molar-refractivity contribution in [3.05, 3.63) is 77.4 Å². The summed E-state index contributed by atoms with van der Waals surface area (Å²) in [4.78, 5) is 0. The van der Waals surface area contributed by atoms with Crippen molar-refractivity contribution < 1.29 is 4.74 Å². The third kappa shape index (κ3) is 5.20. The SMILES string of the molecule is CC(C)(C)c1ccc(/C=C/COCc2ccccc2)cc1. The predicted molar refractivity (Wildman–Crippen MR) is 90.3 cm³/mol. The number of hydrogen-bond acceptors (Lipinski definition) is 1. The van der Waals surface area contributed by atoms with Crippen LogP contribution in [0.4, 0.5) is 0 Å². The van der Waals surface area contributed by atoms with Crippen molar-refractivity contribution in [3.63, 3.8) is 0 Å². The molecule has 0 aliphatic heterocycles. The molecule has 110 valence electrons. The summed E-state index contributed by atoms with van der Waals surface area (Å²) in [7, 11) is 0. The molecule has 1 nitrogen and oxygen atoms in total. The van der Waals surface area contributed by atoms with Crippen LogP contribution in [0.3, 0.4) is 0 Å². The standard InChI is InChI=1S/C20H24O/c1-20(2,3)19-13-11-17(12-14-19)10-7-15-21-16-18-8-5-4-6-9-18/h4-14H,15-16H2,1-3H3/b10-7+. The van der Waals surface area contributed by atoms with Gasteiger partial charge < -0.3 is 4.74 Å². The largest absolute Gasteiger partial charge is 0.373 e. The zero-order chi connectivity index (χ0) is 15.1. The fraction of sp³-hybridized carbons (Fsp3) is 0.300. The average molecular weight is 280 g/mol. The van der Waals surface area contributed by atoms with Gasteiger partial charge in [0.15, 0.2) is 0 Å². The Morgan fingerprint density at radius 1 is 0.905 bits per heavy atom. The highest BCUT2D eigenvalue weighted by atomic mass is 16.5. The van der Waals surface area contributed by atoms with Gasteiger partial charge >= 0.3 is 0 Å². The zero-order valence-electron chi connectivity index (χ0n) is 13.2. The first-order valence-corrected chi connectivity index (χ1v) is 7.44. The third-order valence-electron chi connectivity index (χ3n) is 3.41. The Morgan fingerprint density at radius 2 is 1.57 bits per heavy atom. The van der Waals surface area contributed by atoms with E-state index >= 15 is 0 Å². The lowest BCUT2D eigenvalue weighted by molar-refractivity contribution is 0.149. The number of hydrogen-bond donors (Lipinski definition) is 0. The van der Waals surface area contributed by atoms with Crippen LogP contribution in [0.2, 0.25) is 0 Å². The molecule has 0 bridgehead atoms. The van der Waals surface area contributed by atoms with Crippen LogP contribution in [0.5, 0.6) is 0 Å². The molecule has 2 aromatic rings. The van der Waals surface area contributed by atoms with E-state index in [1.165, 1.54) is 16.7 Å². The van der Waals surface area contributed by atoms with E-state index in [9.17, 15) is 0 Å². The Kier molecular flexibility index (Phi) is 5.35. The number of benzene rings is 2. The van der Waals surface area contributed by atoms with E-state index in [0.717, 1.165) is 0 Å². The summed E-state index contributed by atoms with van der Waals surface area (Å²) in [6, 6.07) is 19.0. The van der Waals surface area contributed by atoms with Gasteiger partial charge in [-0.2, -0.15) is 0 Å². The van der Waals surface area contributed by atoms with Crippen LogP contribution in [0.1, 0.15) is 37.5 Å². The summed E-state index contributed by atoms with van der Waals surface area (Å²) in [5, 5.41) is 0. The summed E-state index contributed by atoms with van der Waals surface area (Å²) in [6.45, 7) is 7.99. The first kappa shape index (κ1) is 15.5. The summed E-state index contributed by atoms with van der Waals surface area (Å²) >= 11 is 0. The smallest absolute Gasteiger partial charge is 0.0721 e. The molecule has 21 heavy (non-hydrogen) atoms. The van der Waals surface area contributed by atoms with Crippen LogP contribution in [0.15, 0.2) is 60.7 Å². The van der Waals surface area contributed by atoms with E-state index in [1.807, 2.05) is 18.2 Å². The van der Waals surface area contributed by atoms with Crippen LogP contribution < -0.4 is 0 Å². The Labute approximate surface area is 128 Å². The molecule has 0 saturated heterocycles. The Bertz CT molecular complexity index is 559.